The van der Waals surface area contributed by atoms with Crippen molar-refractivity contribution in [3.63, 3.8) is 0 Å². The van der Waals surface area contributed by atoms with Crippen molar-refractivity contribution in [2.75, 3.05) is 5.32 Å². The third-order valence-corrected chi connectivity index (χ3v) is 3.11. The lowest BCUT2D eigenvalue weighted by molar-refractivity contribution is 0.836. The Kier molecular flexibility index (Phi) is 1.62. The molecule has 0 amide bonds. The van der Waals surface area contributed by atoms with E-state index in [0.717, 1.165) is 0 Å². The highest BCUT2D eigenvalue weighted by Gasteiger charge is 2.27. The molecule has 1 aromatic carbocycles. The first-order valence-corrected chi connectivity index (χ1v) is 4.96. The van der Waals surface area contributed by atoms with Crippen LogP contribution in [0, 0.1) is 6.92 Å². The minimum absolute atomic E-state index is 0.163. The molecule has 0 saturated heterocycles. The van der Waals surface area contributed by atoms with Crippen LogP contribution < -0.4 is 5.32 Å². The summed E-state index contributed by atoms with van der Waals surface area (Å²) in [5.41, 5.74) is 2.61. The molecule has 0 atom stereocenters. The third kappa shape index (κ3) is 1.31. The summed E-state index contributed by atoms with van der Waals surface area (Å²) < 4.78 is 0. The number of benzene rings is 1. The highest BCUT2D eigenvalue weighted by atomic mass is 32.2. The molecule has 0 fully saturated rings. The summed E-state index contributed by atoms with van der Waals surface area (Å²) in [6, 6.07) is 6.54. The maximum atomic E-state index is 3.46. The average Bonchev–Trinajstić information content (AvgIpc) is 2.21. The smallest absolute Gasteiger partial charge is 0.0824 e. The number of thioether (sulfide) groups is 1. The van der Waals surface area contributed by atoms with Gasteiger partial charge < -0.3 is 5.32 Å². The minimum atomic E-state index is 0.163. The second-order valence-corrected chi connectivity index (χ2v) is 5.40. The zero-order valence-electron chi connectivity index (χ0n) is 7.64. The van der Waals surface area contributed by atoms with Gasteiger partial charge in [0.15, 0.2) is 0 Å². The molecule has 1 N–H and O–H groups in total. The van der Waals surface area contributed by atoms with E-state index >= 15 is 0 Å². The molecule has 1 heterocycles. The summed E-state index contributed by atoms with van der Waals surface area (Å²) in [6.45, 7) is 6.53. The van der Waals surface area contributed by atoms with E-state index in [-0.39, 0.29) is 4.87 Å². The van der Waals surface area contributed by atoms with E-state index in [2.05, 4.69) is 44.3 Å². The van der Waals surface area contributed by atoms with Crippen LogP contribution in [0.4, 0.5) is 5.69 Å². The molecule has 1 aliphatic heterocycles. The van der Waals surface area contributed by atoms with Crippen molar-refractivity contribution in [3.8, 4) is 0 Å². The molecule has 2 rings (SSSR count). The van der Waals surface area contributed by atoms with Gasteiger partial charge >= 0.3 is 0 Å². The molecule has 0 radical (unpaired) electrons. The minimum Gasteiger partial charge on any atom is -0.370 e. The monoisotopic (exact) mass is 179 g/mol. The molecule has 0 saturated carbocycles. The maximum absolute atomic E-state index is 3.46. The molecule has 0 aromatic heterocycles. The lowest BCUT2D eigenvalue weighted by Gasteiger charge is -2.16. The van der Waals surface area contributed by atoms with Crippen molar-refractivity contribution in [3.05, 3.63) is 23.8 Å². The predicted molar refractivity (Wildman–Crippen MR) is 54.7 cm³/mol. The fraction of sp³-hybridized carbons (Fsp3) is 0.400. The van der Waals surface area contributed by atoms with Gasteiger partial charge in [-0.15, -0.1) is 0 Å². The number of fused-ring (bicyclic) bond motifs is 1. The van der Waals surface area contributed by atoms with Crippen LogP contribution in [-0.2, 0) is 0 Å². The van der Waals surface area contributed by atoms with Gasteiger partial charge in [-0.2, -0.15) is 0 Å². The average molecular weight is 179 g/mol. The zero-order chi connectivity index (χ0) is 8.77. The Hall–Kier alpha value is -0.630. The molecule has 1 aromatic rings. The Morgan fingerprint density at radius 3 is 2.83 bits per heavy atom. The molecular formula is C10H13NS. The summed E-state index contributed by atoms with van der Waals surface area (Å²) in [7, 11) is 0. The second kappa shape index (κ2) is 2.43. The van der Waals surface area contributed by atoms with Crippen molar-refractivity contribution in [1.82, 2.24) is 0 Å². The molecule has 1 aliphatic rings. The third-order valence-electron chi connectivity index (χ3n) is 1.94. The van der Waals surface area contributed by atoms with Gasteiger partial charge in [0, 0.05) is 10.6 Å². The van der Waals surface area contributed by atoms with Gasteiger partial charge in [-0.3, -0.25) is 0 Å². The molecule has 0 spiro atoms. The highest BCUT2D eigenvalue weighted by Crippen LogP contribution is 2.44. The Bertz CT molecular complexity index is 318. The van der Waals surface area contributed by atoms with Crippen molar-refractivity contribution < 1.29 is 0 Å². The first kappa shape index (κ1) is 7.99. The van der Waals surface area contributed by atoms with E-state index in [4.69, 9.17) is 0 Å². The fourth-order valence-electron chi connectivity index (χ4n) is 1.44. The van der Waals surface area contributed by atoms with Gasteiger partial charge in [-0.25, -0.2) is 0 Å². The van der Waals surface area contributed by atoms with Gasteiger partial charge in [0.05, 0.1) is 4.87 Å². The Labute approximate surface area is 77.6 Å². The lowest BCUT2D eigenvalue weighted by atomic mass is 10.2. The zero-order valence-corrected chi connectivity index (χ0v) is 8.46. The number of rotatable bonds is 0. The first-order valence-electron chi connectivity index (χ1n) is 4.15. The van der Waals surface area contributed by atoms with Gasteiger partial charge in [-0.05, 0) is 38.5 Å². The van der Waals surface area contributed by atoms with Gasteiger partial charge in [0.2, 0.25) is 0 Å². The van der Waals surface area contributed by atoms with Crippen LogP contribution in [0.15, 0.2) is 23.1 Å². The molecule has 0 unspecified atom stereocenters. The number of anilines is 1. The van der Waals surface area contributed by atoms with E-state index < -0.39 is 0 Å². The quantitative estimate of drug-likeness (QED) is 0.656. The van der Waals surface area contributed by atoms with E-state index in [9.17, 15) is 0 Å². The largest absolute Gasteiger partial charge is 0.370 e. The van der Waals surface area contributed by atoms with Gasteiger partial charge in [0.1, 0.15) is 0 Å². The molecule has 0 bridgehead atoms. The summed E-state index contributed by atoms with van der Waals surface area (Å²) >= 11 is 1.90. The van der Waals surface area contributed by atoms with E-state index in [1.807, 2.05) is 11.8 Å². The number of aryl methyl sites for hydroxylation is 1. The Balaban J connectivity index is 2.43. The lowest BCUT2D eigenvalue weighted by Crippen LogP contribution is -2.20. The van der Waals surface area contributed by atoms with Gasteiger partial charge in [-0.1, -0.05) is 17.8 Å². The summed E-state index contributed by atoms with van der Waals surface area (Å²) in [5, 5.41) is 3.46. The normalized spacial score (nSPS) is 18.6. The van der Waals surface area contributed by atoms with Crippen LogP contribution in [0.3, 0.4) is 0 Å². The standard InChI is InChI=1S/C10H13NS/c1-7-4-5-8-9(6-7)12-10(2,3)11-8/h4-6,11H,1-3H3. The molecule has 0 aliphatic carbocycles. The molecule has 64 valence electrons. The van der Waals surface area contributed by atoms with Crippen LogP contribution in [-0.4, -0.2) is 4.87 Å². The van der Waals surface area contributed by atoms with Gasteiger partial charge in [0.25, 0.3) is 0 Å². The van der Waals surface area contributed by atoms with Crippen molar-refractivity contribution in [2.45, 2.75) is 30.5 Å². The van der Waals surface area contributed by atoms with E-state index in [0.29, 0.717) is 0 Å². The number of nitrogens with one attached hydrogen (secondary N) is 1. The van der Waals surface area contributed by atoms with E-state index in [1.54, 1.807) is 0 Å². The molecule has 12 heavy (non-hydrogen) atoms. The van der Waals surface area contributed by atoms with Crippen LogP contribution in [0.5, 0.6) is 0 Å². The topological polar surface area (TPSA) is 12.0 Å². The van der Waals surface area contributed by atoms with Crippen LogP contribution in [0.25, 0.3) is 0 Å². The van der Waals surface area contributed by atoms with Crippen LogP contribution in [0.1, 0.15) is 19.4 Å². The van der Waals surface area contributed by atoms with Crippen LogP contribution in [0.2, 0.25) is 0 Å². The van der Waals surface area contributed by atoms with E-state index in [1.165, 1.54) is 16.1 Å². The molecule has 1 nitrogen and oxygen atoms in total. The van der Waals surface area contributed by atoms with Crippen molar-refractivity contribution in [2.24, 2.45) is 0 Å². The summed E-state index contributed by atoms with van der Waals surface area (Å²) in [4.78, 5) is 1.54. The number of hydrogen-bond acceptors (Lipinski definition) is 2. The maximum Gasteiger partial charge on any atom is 0.0824 e. The molecule has 2 heteroatoms. The predicted octanol–water partition coefficient (Wildman–Crippen LogP) is 3.25. The number of hydrogen-bond donors (Lipinski definition) is 1. The molecular weight excluding hydrogens is 166 g/mol. The Morgan fingerprint density at radius 1 is 1.33 bits per heavy atom. The van der Waals surface area contributed by atoms with Crippen LogP contribution >= 0.6 is 11.8 Å². The summed E-state index contributed by atoms with van der Waals surface area (Å²) in [6.07, 6.45) is 0. The second-order valence-electron chi connectivity index (χ2n) is 3.74. The van der Waals surface area contributed by atoms with Crippen molar-refractivity contribution >= 4 is 17.4 Å². The fourth-order valence-corrected chi connectivity index (χ4v) is 2.63. The van der Waals surface area contributed by atoms with Crippen molar-refractivity contribution in [1.29, 1.82) is 0 Å². The SMILES string of the molecule is Cc1ccc2c(c1)SC(C)(C)N2. The summed E-state index contributed by atoms with van der Waals surface area (Å²) in [5.74, 6) is 0. The Morgan fingerprint density at radius 2 is 2.08 bits per heavy atom. The first-order chi connectivity index (χ1) is 5.57. The highest BCUT2D eigenvalue weighted by molar-refractivity contribution is 8.01.